The van der Waals surface area contributed by atoms with Crippen LogP contribution in [0.5, 0.6) is 0 Å². The van der Waals surface area contributed by atoms with E-state index in [1.807, 2.05) is 6.20 Å². The van der Waals surface area contributed by atoms with Gasteiger partial charge in [-0.25, -0.2) is 4.99 Å². The van der Waals surface area contributed by atoms with E-state index in [4.69, 9.17) is 4.99 Å². The highest BCUT2D eigenvalue weighted by molar-refractivity contribution is 6.26. The lowest BCUT2D eigenvalue weighted by Gasteiger charge is -2.11. The molecule has 0 unspecified atom stereocenters. The maximum Gasteiger partial charge on any atom is 0.0812 e. The van der Waals surface area contributed by atoms with E-state index in [-0.39, 0.29) is 0 Å². The first-order valence-electron chi connectivity index (χ1n) is 9.11. The maximum absolute atomic E-state index is 5.20. The van der Waals surface area contributed by atoms with E-state index in [9.17, 15) is 0 Å². The largest absolute Gasteiger partial charge is 0.261 e. The zero-order chi connectivity index (χ0) is 18.6. The second kappa shape index (κ2) is 5.91. The van der Waals surface area contributed by atoms with Gasteiger partial charge in [0.15, 0.2) is 0 Å². The molecular formula is C24H24N2. The van der Waals surface area contributed by atoms with Gasteiger partial charge in [-0.2, -0.15) is 0 Å². The molecule has 0 bridgehead atoms. The molecule has 0 radical (unpaired) electrons. The van der Waals surface area contributed by atoms with Crippen LogP contribution >= 0.6 is 0 Å². The molecule has 26 heavy (non-hydrogen) atoms. The smallest absolute Gasteiger partial charge is 0.0812 e. The molecular weight excluding hydrogens is 316 g/mol. The molecule has 1 aromatic heterocycles. The van der Waals surface area contributed by atoms with Crippen LogP contribution in [0, 0.1) is 41.5 Å². The summed E-state index contributed by atoms with van der Waals surface area (Å²) in [5.74, 6) is 0. The molecule has 2 heteroatoms. The highest BCUT2D eigenvalue weighted by Crippen LogP contribution is 2.42. The maximum atomic E-state index is 5.20. The van der Waals surface area contributed by atoms with E-state index >= 15 is 0 Å². The van der Waals surface area contributed by atoms with Gasteiger partial charge in [0.1, 0.15) is 0 Å². The van der Waals surface area contributed by atoms with Gasteiger partial charge in [-0.05, 0) is 75.4 Å². The molecule has 1 aliphatic rings. The Labute approximate surface area is 155 Å². The molecule has 1 aliphatic carbocycles. The molecule has 0 aliphatic heterocycles. The van der Waals surface area contributed by atoms with Crippen molar-refractivity contribution in [1.29, 1.82) is 0 Å². The lowest BCUT2D eigenvalue weighted by molar-refractivity contribution is 1.17. The Bertz CT molecular complexity index is 1060. The Morgan fingerprint density at radius 1 is 0.692 bits per heavy atom. The second-order valence-corrected chi connectivity index (χ2v) is 7.53. The first-order chi connectivity index (χ1) is 12.4. The number of hydrogen-bond acceptors (Lipinski definition) is 2. The zero-order valence-electron chi connectivity index (χ0n) is 16.4. The summed E-state index contributed by atoms with van der Waals surface area (Å²) in [5, 5.41) is 0. The number of fused-ring (bicyclic) bond motifs is 3. The van der Waals surface area contributed by atoms with Crippen LogP contribution in [0.2, 0.25) is 0 Å². The summed E-state index contributed by atoms with van der Waals surface area (Å²) in [6, 6.07) is 11.1. The van der Waals surface area contributed by atoms with Gasteiger partial charge in [0, 0.05) is 23.0 Å². The summed E-state index contributed by atoms with van der Waals surface area (Å²) in [7, 11) is 0. The average molecular weight is 340 g/mol. The van der Waals surface area contributed by atoms with Gasteiger partial charge in [-0.1, -0.05) is 35.4 Å². The minimum Gasteiger partial charge on any atom is -0.261 e. The summed E-state index contributed by atoms with van der Waals surface area (Å²) < 4.78 is 0. The van der Waals surface area contributed by atoms with Crippen molar-refractivity contribution >= 4 is 11.4 Å². The number of hydrogen-bond donors (Lipinski definition) is 0. The molecule has 0 fully saturated rings. The number of rotatable bonds is 1. The Hall–Kier alpha value is -2.74. The van der Waals surface area contributed by atoms with Crippen molar-refractivity contribution in [3.8, 4) is 11.1 Å². The zero-order valence-corrected chi connectivity index (χ0v) is 16.4. The fourth-order valence-electron chi connectivity index (χ4n) is 4.12. The molecule has 0 amide bonds. The normalized spacial score (nSPS) is 13.8. The molecule has 0 N–H and O–H groups in total. The van der Waals surface area contributed by atoms with Gasteiger partial charge in [-0.3, -0.25) is 4.98 Å². The SMILES string of the molecule is Cc1cc(C)c(N=C2c3cc(C)ccc3-c3c(C)cnc(C)c32)c(C)c1. The number of pyridine rings is 1. The number of benzene rings is 2. The topological polar surface area (TPSA) is 25.2 Å². The highest BCUT2D eigenvalue weighted by atomic mass is 14.8. The molecule has 0 atom stereocenters. The van der Waals surface area contributed by atoms with Gasteiger partial charge >= 0.3 is 0 Å². The van der Waals surface area contributed by atoms with Gasteiger partial charge in [0.05, 0.1) is 11.4 Å². The quantitative estimate of drug-likeness (QED) is 0.412. The molecule has 3 aromatic rings. The summed E-state index contributed by atoms with van der Waals surface area (Å²) >= 11 is 0. The van der Waals surface area contributed by atoms with Crippen LogP contribution in [0.15, 0.2) is 41.5 Å². The van der Waals surface area contributed by atoms with Crippen LogP contribution in [0.1, 0.15) is 44.6 Å². The summed E-state index contributed by atoms with van der Waals surface area (Å²) in [5.41, 5.74) is 14.3. The predicted octanol–water partition coefficient (Wildman–Crippen LogP) is 6.08. The Morgan fingerprint density at radius 2 is 1.38 bits per heavy atom. The van der Waals surface area contributed by atoms with Crippen molar-refractivity contribution in [2.75, 3.05) is 0 Å². The fourth-order valence-corrected chi connectivity index (χ4v) is 4.12. The minimum atomic E-state index is 1.04. The summed E-state index contributed by atoms with van der Waals surface area (Å²) in [6.07, 6.45) is 1.98. The molecule has 1 heterocycles. The first-order valence-corrected chi connectivity index (χ1v) is 9.11. The summed E-state index contributed by atoms with van der Waals surface area (Å²) in [6.45, 7) is 12.8. The van der Waals surface area contributed by atoms with E-state index < -0.39 is 0 Å². The van der Waals surface area contributed by atoms with Crippen LogP contribution in [0.25, 0.3) is 11.1 Å². The Balaban J connectivity index is 2.08. The van der Waals surface area contributed by atoms with Crippen molar-refractivity contribution in [3.63, 3.8) is 0 Å². The van der Waals surface area contributed by atoms with E-state index in [0.717, 1.165) is 17.1 Å². The number of aliphatic imine (C=N–C) groups is 1. The van der Waals surface area contributed by atoms with Crippen LogP contribution < -0.4 is 0 Å². The van der Waals surface area contributed by atoms with Crippen molar-refractivity contribution in [1.82, 2.24) is 4.98 Å². The van der Waals surface area contributed by atoms with Crippen molar-refractivity contribution in [3.05, 3.63) is 81.2 Å². The Kier molecular flexibility index (Phi) is 3.80. The van der Waals surface area contributed by atoms with Crippen molar-refractivity contribution in [2.24, 2.45) is 4.99 Å². The van der Waals surface area contributed by atoms with Gasteiger partial charge in [0.25, 0.3) is 0 Å². The predicted molar refractivity (Wildman–Crippen MR) is 110 cm³/mol. The standard InChI is InChI=1S/C24H24N2/c1-13-7-8-19-20(11-13)24(22-18(6)25-12-17(5)21(19)22)26-23-15(3)9-14(2)10-16(23)4/h7-12H,1-6H3. The number of nitrogens with zero attached hydrogens (tertiary/aromatic N) is 2. The first kappa shape index (κ1) is 16.7. The molecule has 0 saturated carbocycles. The fraction of sp³-hybridized carbons (Fsp3) is 0.250. The Morgan fingerprint density at radius 3 is 2.08 bits per heavy atom. The molecule has 130 valence electrons. The van der Waals surface area contributed by atoms with E-state index in [2.05, 4.69) is 76.9 Å². The minimum absolute atomic E-state index is 1.04. The molecule has 2 aromatic carbocycles. The van der Waals surface area contributed by atoms with Crippen LogP contribution in [-0.2, 0) is 0 Å². The third-order valence-corrected chi connectivity index (χ3v) is 5.25. The second-order valence-electron chi connectivity index (χ2n) is 7.53. The van der Waals surface area contributed by atoms with Gasteiger partial charge < -0.3 is 0 Å². The van der Waals surface area contributed by atoms with Crippen LogP contribution in [0.4, 0.5) is 5.69 Å². The molecule has 0 spiro atoms. The van der Waals surface area contributed by atoms with Crippen molar-refractivity contribution in [2.45, 2.75) is 41.5 Å². The van der Waals surface area contributed by atoms with Gasteiger partial charge in [-0.15, -0.1) is 0 Å². The van der Waals surface area contributed by atoms with Crippen LogP contribution in [-0.4, -0.2) is 10.7 Å². The molecule has 2 nitrogen and oxygen atoms in total. The lowest BCUT2D eigenvalue weighted by Crippen LogP contribution is -2.03. The lowest BCUT2D eigenvalue weighted by atomic mass is 10.0. The molecule has 0 saturated heterocycles. The number of aryl methyl sites for hydroxylation is 6. The van der Waals surface area contributed by atoms with Crippen LogP contribution in [0.3, 0.4) is 0 Å². The monoisotopic (exact) mass is 340 g/mol. The number of aromatic nitrogens is 1. The third kappa shape index (κ3) is 2.48. The molecule has 4 rings (SSSR count). The van der Waals surface area contributed by atoms with Crippen molar-refractivity contribution < 1.29 is 0 Å². The summed E-state index contributed by atoms with van der Waals surface area (Å²) in [4.78, 5) is 9.83. The third-order valence-electron chi connectivity index (χ3n) is 5.25. The van der Waals surface area contributed by atoms with Gasteiger partial charge in [0.2, 0.25) is 0 Å². The average Bonchev–Trinajstić information content (AvgIpc) is 2.89. The highest BCUT2D eigenvalue weighted by Gasteiger charge is 2.29. The van der Waals surface area contributed by atoms with E-state index in [1.165, 1.54) is 50.1 Å². The van der Waals surface area contributed by atoms with E-state index in [1.54, 1.807) is 0 Å². The van der Waals surface area contributed by atoms with E-state index in [0.29, 0.717) is 0 Å².